The predicted molar refractivity (Wildman–Crippen MR) is 163 cm³/mol. The number of aromatic amines is 1. The molecule has 0 bridgehead atoms. The second kappa shape index (κ2) is 18.5. The number of likely N-dealkylation sites (tertiary alicyclic amines) is 1. The lowest BCUT2D eigenvalue weighted by atomic mass is 9.84. The summed E-state index contributed by atoms with van der Waals surface area (Å²) in [6.07, 6.45) is 24.8. The molecular weight excluding hydrogens is 521 g/mol. The van der Waals surface area contributed by atoms with Crippen molar-refractivity contribution in [3.8, 4) is 25.7 Å². The molecule has 1 aliphatic carbocycles. The quantitative estimate of drug-likeness (QED) is 0.372. The van der Waals surface area contributed by atoms with Gasteiger partial charge in [-0.05, 0) is 61.3 Å². The maximum Gasteiger partial charge on any atom is 0.273 e. The van der Waals surface area contributed by atoms with Gasteiger partial charge in [-0.25, -0.2) is 4.39 Å². The molecule has 2 atom stereocenters. The van der Waals surface area contributed by atoms with Crippen molar-refractivity contribution in [2.45, 2.75) is 82.7 Å². The summed E-state index contributed by atoms with van der Waals surface area (Å²) < 4.78 is 12.2. The molecule has 1 amide bonds. The maximum atomic E-state index is 13.4. The average molecular weight is 568 g/mol. The number of amides is 1. The zero-order valence-electron chi connectivity index (χ0n) is 24.0. The lowest BCUT2D eigenvalue weighted by Crippen LogP contribution is -2.81. The Morgan fingerprint density at radius 2 is 1.62 bits per heavy atom. The number of aryl methyl sites for hydroxylation is 1. The molecule has 1 unspecified atom stereocenters. The molecule has 4 nitrogen and oxygen atoms in total. The van der Waals surface area contributed by atoms with E-state index >= 15 is 0 Å². The van der Waals surface area contributed by atoms with Gasteiger partial charge in [0, 0.05) is 31.1 Å². The Labute approximate surface area is 246 Å². The van der Waals surface area contributed by atoms with Gasteiger partial charge in [0.1, 0.15) is 6.17 Å². The van der Waals surface area contributed by atoms with E-state index in [9.17, 15) is 9.18 Å². The first-order valence-electron chi connectivity index (χ1n) is 14.7. The van der Waals surface area contributed by atoms with Crippen LogP contribution >= 0.6 is 11.6 Å². The van der Waals surface area contributed by atoms with Crippen molar-refractivity contribution in [2.24, 2.45) is 5.92 Å². The summed E-state index contributed by atoms with van der Waals surface area (Å²) in [5, 5.41) is 2.97. The molecule has 2 saturated heterocycles. The third-order valence-corrected chi connectivity index (χ3v) is 8.40. The molecular formula is C34H47ClFN3O+2. The fourth-order valence-corrected chi connectivity index (χ4v) is 6.35. The van der Waals surface area contributed by atoms with Crippen molar-refractivity contribution >= 4 is 17.5 Å². The lowest BCUT2D eigenvalue weighted by Gasteiger charge is -2.34. The number of nitrogens with one attached hydrogen (secondary N) is 1. The molecule has 5 rings (SSSR count). The first-order valence-corrected chi connectivity index (χ1v) is 15.1. The number of halogens is 2. The van der Waals surface area contributed by atoms with Gasteiger partial charge in [0.2, 0.25) is 5.91 Å². The van der Waals surface area contributed by atoms with Crippen LogP contribution in [0.2, 0.25) is 5.15 Å². The number of pyridine rings is 1. The number of alkyl halides is 1. The van der Waals surface area contributed by atoms with E-state index in [4.69, 9.17) is 11.6 Å². The number of carbonyl (C=O) groups excluding carboxylic acids is 1. The van der Waals surface area contributed by atoms with E-state index < -0.39 is 6.17 Å². The summed E-state index contributed by atoms with van der Waals surface area (Å²) >= 11 is 6.21. The number of aromatic nitrogens is 1. The number of rotatable bonds is 5. The number of H-pyrrole nitrogens is 1. The Morgan fingerprint density at radius 3 is 2.20 bits per heavy atom. The normalized spacial score (nSPS) is 21.0. The van der Waals surface area contributed by atoms with Crippen LogP contribution < -0.4 is 10.3 Å². The number of terminal acetylenes is 2. The van der Waals surface area contributed by atoms with Crippen LogP contribution in [0.4, 0.5) is 4.39 Å². The minimum absolute atomic E-state index is 0.0634. The van der Waals surface area contributed by atoms with Gasteiger partial charge in [-0.2, -0.15) is 4.98 Å². The molecule has 1 aromatic heterocycles. The summed E-state index contributed by atoms with van der Waals surface area (Å²) in [6, 6.07) is 14.8. The van der Waals surface area contributed by atoms with Crippen LogP contribution in [-0.4, -0.2) is 43.2 Å². The van der Waals surface area contributed by atoms with Crippen LogP contribution in [0.15, 0.2) is 42.5 Å². The third-order valence-electron chi connectivity index (χ3n) is 8.18. The van der Waals surface area contributed by atoms with Crippen LogP contribution in [0.5, 0.6) is 0 Å². The van der Waals surface area contributed by atoms with Gasteiger partial charge in [0.25, 0.3) is 5.15 Å². The molecule has 3 aliphatic rings. The maximum absolute atomic E-state index is 13.4. The first-order chi connectivity index (χ1) is 19.6. The third kappa shape index (κ3) is 9.65. The SMILES string of the molecule is C#C.C#C.CCCc1[nH+]c(Cl)ccc1[C@@H]1C[NH2+]CC1C(=O)N1CCC(c2ccccc2)CC1.FC1CCCCC1. The summed E-state index contributed by atoms with van der Waals surface area (Å²) in [4.78, 5) is 18.9. The molecule has 3 heterocycles. The average Bonchev–Trinajstić information content (AvgIpc) is 3.50. The van der Waals surface area contributed by atoms with Crippen LogP contribution in [0.1, 0.15) is 86.9 Å². The van der Waals surface area contributed by atoms with Gasteiger partial charge < -0.3 is 10.2 Å². The highest BCUT2D eigenvalue weighted by Gasteiger charge is 2.42. The molecule has 2 aliphatic heterocycles. The van der Waals surface area contributed by atoms with Crippen molar-refractivity contribution in [3.63, 3.8) is 0 Å². The van der Waals surface area contributed by atoms with Gasteiger partial charge in [0.15, 0.2) is 5.69 Å². The molecule has 1 saturated carbocycles. The van der Waals surface area contributed by atoms with Crippen LogP contribution in [-0.2, 0) is 11.2 Å². The van der Waals surface area contributed by atoms with Crippen LogP contribution in [0, 0.1) is 31.6 Å². The van der Waals surface area contributed by atoms with Gasteiger partial charge >= 0.3 is 0 Å². The second-order valence-electron chi connectivity index (χ2n) is 10.7. The number of carbonyl (C=O) groups is 1. The van der Waals surface area contributed by atoms with Crippen molar-refractivity contribution in [1.82, 2.24) is 4.90 Å². The molecule has 3 N–H and O–H groups in total. The number of hydrogen-bond donors (Lipinski definition) is 1. The van der Waals surface area contributed by atoms with Gasteiger partial charge in [0.05, 0.1) is 24.9 Å². The fraction of sp³-hybridized carbons (Fsp3) is 0.529. The zero-order chi connectivity index (χ0) is 29.3. The molecule has 1 aromatic carbocycles. The zero-order valence-corrected chi connectivity index (χ0v) is 24.8. The molecule has 2 aromatic rings. The highest BCUT2D eigenvalue weighted by atomic mass is 35.5. The van der Waals surface area contributed by atoms with Gasteiger partial charge in [-0.15, -0.1) is 25.7 Å². The van der Waals surface area contributed by atoms with E-state index in [-0.39, 0.29) is 11.8 Å². The minimum atomic E-state index is -0.464. The van der Waals surface area contributed by atoms with Crippen molar-refractivity contribution < 1.29 is 19.5 Å². The standard InChI is InChI=1S/C24H30ClN3O.C6H11F.2C2H2/c1-2-6-22-19(9-10-23(25)27-22)20-15-26-16-21(20)24(29)28-13-11-18(12-14-28)17-7-4-3-5-8-17;7-6-4-2-1-3-5-6;2*1-2/h3-5,7-10,18,20-21,26H,2,6,11-16H2,1H3;6H,1-5H2;2*1-2H/p+2/t20-,21?;;;/m0.../s1. The van der Waals surface area contributed by atoms with E-state index in [2.05, 4.69) is 84.2 Å². The van der Waals surface area contributed by atoms with E-state index in [0.717, 1.165) is 77.5 Å². The molecule has 0 spiro atoms. The molecule has 3 fully saturated rings. The summed E-state index contributed by atoms with van der Waals surface area (Å²) in [6.45, 7) is 5.78. The molecule has 0 radical (unpaired) electrons. The number of nitrogens with zero attached hydrogens (tertiary/aromatic N) is 1. The van der Waals surface area contributed by atoms with Crippen molar-refractivity contribution in [3.05, 3.63) is 64.4 Å². The van der Waals surface area contributed by atoms with Crippen LogP contribution in [0.3, 0.4) is 0 Å². The minimum Gasteiger partial charge on any atom is -0.345 e. The van der Waals surface area contributed by atoms with Crippen molar-refractivity contribution in [2.75, 3.05) is 26.2 Å². The van der Waals surface area contributed by atoms with E-state index in [0.29, 0.717) is 17.0 Å². The number of hydrogen-bond acceptors (Lipinski definition) is 1. The summed E-state index contributed by atoms with van der Waals surface area (Å²) in [7, 11) is 0. The number of nitrogens with two attached hydrogens (primary N) is 1. The highest BCUT2D eigenvalue weighted by Crippen LogP contribution is 2.32. The smallest absolute Gasteiger partial charge is 0.273 e. The Kier molecular flexibility index (Phi) is 15.4. The molecule has 6 heteroatoms. The summed E-state index contributed by atoms with van der Waals surface area (Å²) in [5.41, 5.74) is 3.89. The monoisotopic (exact) mass is 567 g/mol. The Morgan fingerprint density at radius 1 is 0.975 bits per heavy atom. The predicted octanol–water partition coefficient (Wildman–Crippen LogP) is 5.58. The van der Waals surface area contributed by atoms with E-state index in [1.54, 1.807) is 0 Å². The Bertz CT molecular complexity index is 1040. The van der Waals surface area contributed by atoms with Gasteiger partial charge in [-0.1, -0.05) is 56.5 Å². The largest absolute Gasteiger partial charge is 0.345 e. The van der Waals surface area contributed by atoms with E-state index in [1.807, 2.05) is 6.07 Å². The van der Waals surface area contributed by atoms with Crippen molar-refractivity contribution in [1.29, 1.82) is 0 Å². The number of benzene rings is 1. The number of quaternary nitrogens is 1. The summed E-state index contributed by atoms with van der Waals surface area (Å²) in [5.74, 6) is 1.25. The number of piperidine rings is 1. The van der Waals surface area contributed by atoms with Gasteiger partial charge in [-0.3, -0.25) is 4.79 Å². The Balaban J connectivity index is 0.000000434. The lowest BCUT2D eigenvalue weighted by molar-refractivity contribution is -0.638. The Hall–Kier alpha value is -2.86. The van der Waals surface area contributed by atoms with Crippen LogP contribution in [0.25, 0.3) is 0 Å². The fourth-order valence-electron chi connectivity index (χ4n) is 6.17. The molecule has 216 valence electrons. The van der Waals surface area contributed by atoms with E-state index in [1.165, 1.54) is 23.2 Å². The topological polar surface area (TPSA) is 51.1 Å². The first kappa shape index (κ1) is 33.3. The highest BCUT2D eigenvalue weighted by molar-refractivity contribution is 6.28. The molecule has 40 heavy (non-hydrogen) atoms. The second-order valence-corrected chi connectivity index (χ2v) is 11.1.